The number of aryl methyl sites for hydroxylation is 1. The smallest absolute Gasteiger partial charge is 0.300 e. The zero-order valence-electron chi connectivity index (χ0n) is 20.5. The zero-order chi connectivity index (χ0) is 26.1. The number of carbonyl (C=O) groups is 3. The number of rotatable bonds is 5. The molecule has 0 aromatic heterocycles. The van der Waals surface area contributed by atoms with Gasteiger partial charge in [0.25, 0.3) is 11.7 Å². The van der Waals surface area contributed by atoms with Crippen LogP contribution in [0.3, 0.4) is 0 Å². The van der Waals surface area contributed by atoms with E-state index >= 15 is 0 Å². The van der Waals surface area contributed by atoms with Crippen LogP contribution in [0.25, 0.3) is 5.76 Å². The summed E-state index contributed by atoms with van der Waals surface area (Å²) in [7, 11) is 0. The minimum Gasteiger partial charge on any atom is -0.507 e. The summed E-state index contributed by atoms with van der Waals surface area (Å²) in [5, 5.41) is 14.1. The molecule has 1 unspecified atom stereocenters. The molecule has 5 rings (SSSR count). The summed E-state index contributed by atoms with van der Waals surface area (Å²) in [6.07, 6.45) is 0.836. The Labute approximate surface area is 214 Å². The minimum absolute atomic E-state index is 0.0168. The van der Waals surface area contributed by atoms with Crippen LogP contribution in [-0.2, 0) is 20.8 Å². The van der Waals surface area contributed by atoms with Gasteiger partial charge in [0.1, 0.15) is 19.0 Å². The number of ether oxygens (including phenoxy) is 2. The van der Waals surface area contributed by atoms with Gasteiger partial charge in [-0.3, -0.25) is 19.3 Å². The van der Waals surface area contributed by atoms with Gasteiger partial charge in [0.2, 0.25) is 5.91 Å². The van der Waals surface area contributed by atoms with Crippen LogP contribution in [0.15, 0.2) is 72.3 Å². The predicted molar refractivity (Wildman–Crippen MR) is 139 cm³/mol. The number of nitrogens with one attached hydrogen (secondary N) is 1. The van der Waals surface area contributed by atoms with E-state index in [0.717, 1.165) is 12.0 Å². The quantitative estimate of drug-likeness (QED) is 0.303. The highest BCUT2D eigenvalue weighted by Crippen LogP contribution is 2.43. The zero-order valence-corrected chi connectivity index (χ0v) is 20.5. The normalized spacial score (nSPS) is 18.1. The van der Waals surface area contributed by atoms with Gasteiger partial charge in [-0.25, -0.2) is 0 Å². The molecule has 0 spiro atoms. The van der Waals surface area contributed by atoms with Gasteiger partial charge >= 0.3 is 0 Å². The molecule has 2 amide bonds. The van der Waals surface area contributed by atoms with Crippen LogP contribution in [-0.4, -0.2) is 35.9 Å². The van der Waals surface area contributed by atoms with Crippen molar-refractivity contribution in [2.75, 3.05) is 23.4 Å². The molecule has 2 aliphatic heterocycles. The fraction of sp³-hybridized carbons (Fsp3) is 0.207. The molecular formula is C29H26N2O6. The minimum atomic E-state index is -0.856. The van der Waals surface area contributed by atoms with E-state index in [1.807, 2.05) is 31.2 Å². The second-order valence-electron chi connectivity index (χ2n) is 8.85. The predicted octanol–water partition coefficient (Wildman–Crippen LogP) is 4.60. The van der Waals surface area contributed by atoms with Crippen LogP contribution < -0.4 is 19.7 Å². The maximum absolute atomic E-state index is 13.4. The van der Waals surface area contributed by atoms with Crippen molar-refractivity contribution in [3.63, 3.8) is 0 Å². The van der Waals surface area contributed by atoms with Gasteiger partial charge in [0, 0.05) is 23.9 Å². The van der Waals surface area contributed by atoms with Crippen molar-refractivity contribution >= 4 is 34.7 Å². The van der Waals surface area contributed by atoms with E-state index in [4.69, 9.17) is 9.47 Å². The van der Waals surface area contributed by atoms with Gasteiger partial charge in [-0.1, -0.05) is 31.2 Å². The van der Waals surface area contributed by atoms with E-state index in [-0.39, 0.29) is 17.2 Å². The molecule has 0 bridgehead atoms. The Morgan fingerprint density at radius 2 is 1.65 bits per heavy atom. The van der Waals surface area contributed by atoms with E-state index in [0.29, 0.717) is 47.2 Å². The number of carbonyl (C=O) groups excluding carboxylic acids is 3. The summed E-state index contributed by atoms with van der Waals surface area (Å²) >= 11 is 0. The van der Waals surface area contributed by atoms with Crippen LogP contribution in [0.4, 0.5) is 11.4 Å². The van der Waals surface area contributed by atoms with Crippen LogP contribution in [0.5, 0.6) is 11.5 Å². The van der Waals surface area contributed by atoms with E-state index in [1.165, 1.54) is 11.8 Å². The lowest BCUT2D eigenvalue weighted by Gasteiger charge is -2.26. The van der Waals surface area contributed by atoms with Gasteiger partial charge in [0.15, 0.2) is 11.5 Å². The largest absolute Gasteiger partial charge is 0.507 e. The Morgan fingerprint density at radius 3 is 2.30 bits per heavy atom. The second kappa shape index (κ2) is 9.81. The third-order valence-corrected chi connectivity index (χ3v) is 6.43. The molecule has 0 saturated carbocycles. The first-order valence-electron chi connectivity index (χ1n) is 12.0. The molecule has 3 aromatic rings. The second-order valence-corrected chi connectivity index (χ2v) is 8.85. The summed E-state index contributed by atoms with van der Waals surface area (Å²) < 4.78 is 11.2. The molecule has 1 saturated heterocycles. The molecule has 0 radical (unpaired) electrons. The van der Waals surface area contributed by atoms with Crippen molar-refractivity contribution in [2.24, 2.45) is 0 Å². The average molecular weight is 499 g/mol. The van der Waals surface area contributed by atoms with E-state index < -0.39 is 17.7 Å². The van der Waals surface area contributed by atoms with Crippen molar-refractivity contribution in [3.8, 4) is 11.5 Å². The molecule has 2 heterocycles. The SMILES string of the molecule is CCc1ccc(C2/C(=C(/O)c3ccc4c(c3)OCCO4)C(=O)C(=O)N2c2ccc(NC(C)=O)cc2)cc1. The Balaban J connectivity index is 1.63. The molecular weight excluding hydrogens is 472 g/mol. The van der Waals surface area contributed by atoms with Gasteiger partial charge in [-0.2, -0.15) is 0 Å². The lowest BCUT2D eigenvalue weighted by molar-refractivity contribution is -0.132. The van der Waals surface area contributed by atoms with Crippen LogP contribution >= 0.6 is 0 Å². The van der Waals surface area contributed by atoms with Gasteiger partial charge in [-0.05, 0) is 60.0 Å². The fourth-order valence-electron chi connectivity index (χ4n) is 4.60. The van der Waals surface area contributed by atoms with Crippen molar-refractivity contribution in [3.05, 3.63) is 89.0 Å². The summed E-state index contributed by atoms with van der Waals surface area (Å²) in [6.45, 7) is 4.25. The maximum atomic E-state index is 13.4. The summed E-state index contributed by atoms with van der Waals surface area (Å²) in [4.78, 5) is 39.6. The maximum Gasteiger partial charge on any atom is 0.300 e. The highest BCUT2D eigenvalue weighted by molar-refractivity contribution is 6.51. The molecule has 2 N–H and O–H groups in total. The molecule has 8 heteroatoms. The fourth-order valence-corrected chi connectivity index (χ4v) is 4.60. The molecule has 188 valence electrons. The Hall–Kier alpha value is -4.59. The van der Waals surface area contributed by atoms with Gasteiger partial charge < -0.3 is 19.9 Å². The van der Waals surface area contributed by atoms with Crippen molar-refractivity contribution in [1.29, 1.82) is 0 Å². The number of amides is 2. The number of benzene rings is 3. The standard InChI is InChI=1S/C29H26N2O6/c1-3-18-4-6-19(7-5-18)26-25(27(33)20-8-13-23-24(16-20)37-15-14-36-23)28(34)29(35)31(26)22-11-9-21(10-12-22)30-17(2)32/h4-13,16,26,33H,3,14-15H2,1-2H3,(H,30,32)/b27-25-. The Kier molecular flexibility index (Phi) is 6.40. The Bertz CT molecular complexity index is 1410. The van der Waals surface area contributed by atoms with E-state index in [9.17, 15) is 19.5 Å². The lowest BCUT2D eigenvalue weighted by Crippen LogP contribution is -2.29. The van der Waals surface area contributed by atoms with Crippen LogP contribution in [0.2, 0.25) is 0 Å². The molecule has 1 fully saturated rings. The lowest BCUT2D eigenvalue weighted by atomic mass is 9.94. The molecule has 2 aliphatic rings. The molecule has 1 atom stereocenters. The highest BCUT2D eigenvalue weighted by atomic mass is 16.6. The monoisotopic (exact) mass is 498 g/mol. The number of hydrogen-bond donors (Lipinski definition) is 2. The number of fused-ring (bicyclic) bond motifs is 1. The third-order valence-electron chi connectivity index (χ3n) is 6.43. The third kappa shape index (κ3) is 4.53. The van der Waals surface area contributed by atoms with E-state index in [1.54, 1.807) is 42.5 Å². The number of ketones is 1. The number of aliphatic hydroxyl groups is 1. The first-order valence-corrected chi connectivity index (χ1v) is 12.0. The summed E-state index contributed by atoms with van der Waals surface area (Å²) in [5.41, 5.74) is 3.14. The molecule has 37 heavy (non-hydrogen) atoms. The summed E-state index contributed by atoms with van der Waals surface area (Å²) in [5.74, 6) is -1.05. The van der Waals surface area contributed by atoms with Gasteiger partial charge in [0.05, 0.1) is 11.6 Å². The number of anilines is 2. The number of nitrogens with zero attached hydrogens (tertiary/aromatic N) is 1. The number of hydrogen-bond acceptors (Lipinski definition) is 6. The molecule has 0 aliphatic carbocycles. The Morgan fingerprint density at radius 1 is 0.973 bits per heavy atom. The van der Waals surface area contributed by atoms with Gasteiger partial charge in [-0.15, -0.1) is 0 Å². The van der Waals surface area contributed by atoms with Crippen LogP contribution in [0.1, 0.15) is 36.6 Å². The topological polar surface area (TPSA) is 105 Å². The van der Waals surface area contributed by atoms with E-state index in [2.05, 4.69) is 5.32 Å². The molecule has 3 aromatic carbocycles. The average Bonchev–Trinajstić information content (AvgIpc) is 3.18. The summed E-state index contributed by atoms with van der Waals surface area (Å²) in [6, 6.07) is 18.3. The first-order chi connectivity index (χ1) is 17.9. The van der Waals surface area contributed by atoms with Crippen molar-refractivity contribution in [2.45, 2.75) is 26.3 Å². The van der Waals surface area contributed by atoms with Crippen molar-refractivity contribution < 1.29 is 29.0 Å². The van der Waals surface area contributed by atoms with Crippen molar-refractivity contribution in [1.82, 2.24) is 0 Å². The number of aliphatic hydroxyl groups excluding tert-OH is 1. The highest BCUT2D eigenvalue weighted by Gasteiger charge is 2.47. The van der Waals surface area contributed by atoms with Crippen LogP contribution in [0, 0.1) is 0 Å². The first kappa shape index (κ1) is 24.1. The number of Topliss-reactive ketones (excluding diaryl/α,β-unsaturated/α-hetero) is 1. The molecule has 8 nitrogen and oxygen atoms in total.